The molecular weight excluding hydrogens is 392 g/mol. The SMILES string of the molecule is CCC1CCCCN1CCN(Cc1ccccc1)S(=O)(=O)c1ccc(C(C)C)cc1. The maximum atomic E-state index is 13.5. The number of sulfonamides is 1. The van der Waals surface area contributed by atoms with E-state index < -0.39 is 10.0 Å². The van der Waals surface area contributed by atoms with Crippen LogP contribution >= 0.6 is 0 Å². The van der Waals surface area contributed by atoms with Gasteiger partial charge in [0.25, 0.3) is 0 Å². The lowest BCUT2D eigenvalue weighted by Crippen LogP contribution is -2.44. The summed E-state index contributed by atoms with van der Waals surface area (Å²) < 4.78 is 28.8. The Kier molecular flexibility index (Phi) is 8.09. The first-order chi connectivity index (χ1) is 14.4. The van der Waals surface area contributed by atoms with Gasteiger partial charge in [-0.25, -0.2) is 8.42 Å². The molecule has 0 saturated carbocycles. The van der Waals surface area contributed by atoms with Crippen LogP contribution in [0.1, 0.15) is 63.5 Å². The third kappa shape index (κ3) is 5.71. The largest absolute Gasteiger partial charge is 0.299 e. The Bertz CT molecular complexity index is 879. The van der Waals surface area contributed by atoms with E-state index in [1.165, 1.54) is 19.3 Å². The van der Waals surface area contributed by atoms with Gasteiger partial charge in [-0.15, -0.1) is 0 Å². The van der Waals surface area contributed by atoms with E-state index in [0.29, 0.717) is 29.9 Å². The fourth-order valence-electron chi connectivity index (χ4n) is 4.30. The van der Waals surface area contributed by atoms with E-state index in [4.69, 9.17) is 0 Å². The number of nitrogens with zero attached hydrogens (tertiary/aromatic N) is 2. The highest BCUT2D eigenvalue weighted by Crippen LogP contribution is 2.23. The van der Waals surface area contributed by atoms with E-state index >= 15 is 0 Å². The molecule has 0 N–H and O–H groups in total. The summed E-state index contributed by atoms with van der Waals surface area (Å²) in [6.45, 7) is 9.24. The molecule has 0 amide bonds. The summed E-state index contributed by atoms with van der Waals surface area (Å²) >= 11 is 0. The fourth-order valence-corrected chi connectivity index (χ4v) is 5.72. The van der Waals surface area contributed by atoms with Crippen molar-refractivity contribution in [2.24, 2.45) is 0 Å². The Morgan fingerprint density at radius 2 is 1.73 bits per heavy atom. The first kappa shape index (κ1) is 23.0. The van der Waals surface area contributed by atoms with Crippen LogP contribution in [0.25, 0.3) is 0 Å². The number of likely N-dealkylation sites (tertiary alicyclic amines) is 1. The Morgan fingerprint density at radius 3 is 2.37 bits per heavy atom. The number of rotatable bonds is 9. The van der Waals surface area contributed by atoms with Crippen molar-refractivity contribution in [3.8, 4) is 0 Å². The van der Waals surface area contributed by atoms with Crippen LogP contribution in [0.15, 0.2) is 59.5 Å². The molecule has 2 aromatic rings. The van der Waals surface area contributed by atoms with Gasteiger partial charge in [-0.05, 0) is 55.0 Å². The van der Waals surface area contributed by atoms with Gasteiger partial charge in [0, 0.05) is 25.7 Å². The predicted octanol–water partition coefficient (Wildman–Crippen LogP) is 5.27. The van der Waals surface area contributed by atoms with E-state index in [-0.39, 0.29) is 0 Å². The second-order valence-electron chi connectivity index (χ2n) is 8.64. The Hall–Kier alpha value is -1.69. The maximum Gasteiger partial charge on any atom is 0.243 e. The van der Waals surface area contributed by atoms with Crippen molar-refractivity contribution in [1.29, 1.82) is 0 Å². The molecule has 30 heavy (non-hydrogen) atoms. The third-order valence-electron chi connectivity index (χ3n) is 6.24. The van der Waals surface area contributed by atoms with Crippen molar-refractivity contribution >= 4 is 10.0 Å². The van der Waals surface area contributed by atoms with Crippen LogP contribution in [0.3, 0.4) is 0 Å². The molecule has 1 aliphatic rings. The average Bonchev–Trinajstić information content (AvgIpc) is 2.77. The minimum Gasteiger partial charge on any atom is -0.299 e. The highest BCUT2D eigenvalue weighted by Gasteiger charge is 2.27. The van der Waals surface area contributed by atoms with Gasteiger partial charge < -0.3 is 0 Å². The predicted molar refractivity (Wildman–Crippen MR) is 124 cm³/mol. The van der Waals surface area contributed by atoms with E-state index in [9.17, 15) is 8.42 Å². The molecule has 4 nitrogen and oxygen atoms in total. The van der Waals surface area contributed by atoms with Crippen LogP contribution in [0.4, 0.5) is 0 Å². The van der Waals surface area contributed by atoms with Crippen molar-refractivity contribution in [2.75, 3.05) is 19.6 Å². The first-order valence-electron chi connectivity index (χ1n) is 11.3. The molecule has 164 valence electrons. The van der Waals surface area contributed by atoms with Crippen LogP contribution in [0.2, 0.25) is 0 Å². The molecule has 1 saturated heterocycles. The summed E-state index contributed by atoms with van der Waals surface area (Å²) in [7, 11) is -3.56. The molecular formula is C25H36N2O2S. The number of hydrogen-bond donors (Lipinski definition) is 0. The van der Waals surface area contributed by atoms with Crippen molar-refractivity contribution in [3.63, 3.8) is 0 Å². The third-order valence-corrected chi connectivity index (χ3v) is 8.10. The van der Waals surface area contributed by atoms with Crippen molar-refractivity contribution in [3.05, 3.63) is 65.7 Å². The standard InChI is InChI=1S/C25H36N2O2S/c1-4-24-12-8-9-17-26(24)18-19-27(20-22-10-6-5-7-11-22)30(28,29)25-15-13-23(14-16-25)21(2)3/h5-7,10-11,13-16,21,24H,4,8-9,12,17-20H2,1-3H3. The Balaban J connectivity index is 1.82. The molecule has 0 aliphatic carbocycles. The zero-order chi connectivity index (χ0) is 21.6. The molecule has 2 aromatic carbocycles. The van der Waals surface area contributed by atoms with E-state index in [1.807, 2.05) is 42.5 Å². The van der Waals surface area contributed by atoms with Gasteiger partial charge in [-0.1, -0.05) is 69.7 Å². The first-order valence-corrected chi connectivity index (χ1v) is 12.7. The lowest BCUT2D eigenvalue weighted by Gasteiger charge is -2.36. The minimum absolute atomic E-state index is 0.382. The summed E-state index contributed by atoms with van der Waals surface area (Å²) in [5.41, 5.74) is 2.17. The minimum atomic E-state index is -3.56. The maximum absolute atomic E-state index is 13.5. The summed E-state index contributed by atoms with van der Waals surface area (Å²) in [5.74, 6) is 0.382. The highest BCUT2D eigenvalue weighted by molar-refractivity contribution is 7.89. The molecule has 5 heteroatoms. The Morgan fingerprint density at radius 1 is 1.03 bits per heavy atom. The number of piperidine rings is 1. The van der Waals surface area contributed by atoms with Gasteiger partial charge in [-0.2, -0.15) is 4.31 Å². The van der Waals surface area contributed by atoms with Crippen molar-refractivity contribution in [1.82, 2.24) is 9.21 Å². The molecule has 1 atom stereocenters. The van der Waals surface area contributed by atoms with E-state index in [2.05, 4.69) is 25.7 Å². The van der Waals surface area contributed by atoms with Crippen LogP contribution in [-0.4, -0.2) is 43.3 Å². The molecule has 3 rings (SSSR count). The van der Waals surface area contributed by atoms with Gasteiger partial charge in [0.05, 0.1) is 4.90 Å². The van der Waals surface area contributed by atoms with Crippen molar-refractivity contribution in [2.45, 2.75) is 69.9 Å². The van der Waals surface area contributed by atoms with Gasteiger partial charge in [-0.3, -0.25) is 4.90 Å². The topological polar surface area (TPSA) is 40.6 Å². The fraction of sp³-hybridized carbons (Fsp3) is 0.520. The molecule has 1 aliphatic heterocycles. The molecule has 0 spiro atoms. The monoisotopic (exact) mass is 428 g/mol. The highest BCUT2D eigenvalue weighted by atomic mass is 32.2. The summed E-state index contributed by atoms with van der Waals surface area (Å²) in [6, 6.07) is 17.9. The lowest BCUT2D eigenvalue weighted by atomic mass is 10.0. The average molecular weight is 429 g/mol. The zero-order valence-electron chi connectivity index (χ0n) is 18.6. The van der Waals surface area contributed by atoms with Gasteiger partial charge in [0.1, 0.15) is 0 Å². The van der Waals surface area contributed by atoms with Crippen molar-refractivity contribution < 1.29 is 8.42 Å². The van der Waals surface area contributed by atoms with Gasteiger partial charge >= 0.3 is 0 Å². The molecule has 1 unspecified atom stereocenters. The normalized spacial score (nSPS) is 18.2. The summed E-state index contributed by atoms with van der Waals surface area (Å²) in [4.78, 5) is 2.87. The van der Waals surface area contributed by atoms with Crippen LogP contribution in [0.5, 0.6) is 0 Å². The quantitative estimate of drug-likeness (QED) is 0.547. The van der Waals surface area contributed by atoms with E-state index in [0.717, 1.165) is 30.6 Å². The molecule has 0 bridgehead atoms. The summed E-state index contributed by atoms with van der Waals surface area (Å²) in [6.07, 6.45) is 4.84. The zero-order valence-corrected chi connectivity index (χ0v) is 19.4. The summed E-state index contributed by atoms with van der Waals surface area (Å²) in [5, 5.41) is 0. The second kappa shape index (κ2) is 10.6. The van der Waals surface area contributed by atoms with E-state index in [1.54, 1.807) is 16.4 Å². The van der Waals surface area contributed by atoms with Crippen LogP contribution in [0, 0.1) is 0 Å². The number of hydrogen-bond acceptors (Lipinski definition) is 3. The van der Waals surface area contributed by atoms with Gasteiger partial charge in [0.15, 0.2) is 0 Å². The molecule has 0 aromatic heterocycles. The molecule has 0 radical (unpaired) electrons. The molecule has 1 fully saturated rings. The number of benzene rings is 2. The Labute approximate surface area is 183 Å². The van der Waals surface area contributed by atoms with Gasteiger partial charge in [0.2, 0.25) is 10.0 Å². The lowest BCUT2D eigenvalue weighted by molar-refractivity contribution is 0.135. The smallest absolute Gasteiger partial charge is 0.243 e. The van der Waals surface area contributed by atoms with Crippen LogP contribution < -0.4 is 0 Å². The second-order valence-corrected chi connectivity index (χ2v) is 10.6. The van der Waals surface area contributed by atoms with Crippen LogP contribution in [-0.2, 0) is 16.6 Å². The molecule has 1 heterocycles.